The molecule has 1 aromatic rings. The average Bonchev–Trinajstić information content (AvgIpc) is 2.61. The summed E-state index contributed by atoms with van der Waals surface area (Å²) in [7, 11) is 0. The first-order valence-electron chi connectivity index (χ1n) is 4.40. The maximum Gasteiger partial charge on any atom is 0.408 e. The highest BCUT2D eigenvalue weighted by molar-refractivity contribution is 6.32. The topological polar surface area (TPSA) is 116 Å². The van der Waals surface area contributed by atoms with Crippen LogP contribution in [0, 0.1) is 10.1 Å². The smallest absolute Gasteiger partial charge is 0.358 e. The highest BCUT2D eigenvalue weighted by atomic mass is 35.5. The Labute approximate surface area is 95.5 Å². The Bertz CT molecular complexity index is 418. The maximum absolute atomic E-state index is 11.3. The second-order valence-electron chi connectivity index (χ2n) is 2.97. The molecule has 1 amide bonds. The molecule has 0 aromatic carbocycles. The molecule has 0 aliphatic carbocycles. The number of nitrogens with one attached hydrogen (secondary N) is 1. The fraction of sp³-hybridized carbons (Fsp3) is 0.429. The lowest BCUT2D eigenvalue weighted by atomic mass is 10.2. The summed E-state index contributed by atoms with van der Waals surface area (Å²) in [6, 6.07) is -0.712. The Balaban J connectivity index is 3.07. The molecular formula is C7H10ClN5O3. The van der Waals surface area contributed by atoms with Crippen molar-refractivity contribution >= 4 is 23.3 Å². The monoisotopic (exact) mass is 247 g/mol. The first-order chi connectivity index (χ1) is 7.51. The van der Waals surface area contributed by atoms with Crippen molar-refractivity contribution in [3.63, 3.8) is 0 Å². The van der Waals surface area contributed by atoms with Crippen LogP contribution in [0.15, 0.2) is 6.20 Å². The van der Waals surface area contributed by atoms with E-state index in [1.54, 1.807) is 6.92 Å². The maximum atomic E-state index is 11.3. The Hall–Kier alpha value is -1.67. The number of nitro groups is 1. The Morgan fingerprint density at radius 2 is 2.50 bits per heavy atom. The van der Waals surface area contributed by atoms with Gasteiger partial charge in [0.2, 0.25) is 0 Å². The molecule has 1 unspecified atom stereocenters. The van der Waals surface area contributed by atoms with Crippen molar-refractivity contribution in [1.82, 2.24) is 15.2 Å². The van der Waals surface area contributed by atoms with Gasteiger partial charge in [0.1, 0.15) is 0 Å². The first kappa shape index (κ1) is 12.4. The predicted octanol–water partition coefficient (Wildman–Crippen LogP) is 0.386. The Kier molecular flexibility index (Phi) is 3.80. The van der Waals surface area contributed by atoms with Crippen LogP contribution in [0.1, 0.15) is 19.4 Å². The number of rotatable bonds is 4. The minimum Gasteiger partial charge on any atom is -0.358 e. The SMILES string of the molecule is CCC(C(=O)NN)n1cc(Cl)c([N+](=O)[O-])n1. The standard InChI is InChI=1S/C7H10ClN5O3/c1-2-5(7(14)10-9)12-3-4(8)6(11-12)13(15)16/h3,5H,2,9H2,1H3,(H,10,14). The number of carbonyl (C=O) groups is 1. The number of hydrogen-bond donors (Lipinski definition) is 2. The van der Waals surface area contributed by atoms with Crippen LogP contribution in [0.4, 0.5) is 5.82 Å². The molecule has 0 saturated carbocycles. The van der Waals surface area contributed by atoms with Crippen LogP contribution in [0.25, 0.3) is 0 Å². The van der Waals surface area contributed by atoms with Crippen LogP contribution in [0.5, 0.6) is 0 Å². The van der Waals surface area contributed by atoms with Gasteiger partial charge in [-0.05, 0) is 11.3 Å². The van der Waals surface area contributed by atoms with Gasteiger partial charge < -0.3 is 10.1 Å². The van der Waals surface area contributed by atoms with E-state index < -0.39 is 22.7 Å². The Morgan fingerprint density at radius 3 is 2.88 bits per heavy atom. The minimum absolute atomic E-state index is 0.117. The average molecular weight is 248 g/mol. The van der Waals surface area contributed by atoms with E-state index in [0.717, 1.165) is 4.68 Å². The summed E-state index contributed by atoms with van der Waals surface area (Å²) in [5.74, 6) is 4.01. The molecule has 3 N–H and O–H groups in total. The van der Waals surface area contributed by atoms with Gasteiger partial charge in [-0.3, -0.25) is 10.2 Å². The van der Waals surface area contributed by atoms with Crippen LogP contribution in [-0.4, -0.2) is 20.6 Å². The van der Waals surface area contributed by atoms with Crippen molar-refractivity contribution in [2.24, 2.45) is 5.84 Å². The van der Waals surface area contributed by atoms with Gasteiger partial charge in [-0.15, -0.1) is 0 Å². The van der Waals surface area contributed by atoms with Gasteiger partial charge in [0.05, 0.1) is 11.3 Å². The van der Waals surface area contributed by atoms with E-state index in [1.165, 1.54) is 6.20 Å². The summed E-state index contributed by atoms with van der Waals surface area (Å²) in [6.07, 6.45) is 1.61. The van der Waals surface area contributed by atoms with Crippen LogP contribution in [0.3, 0.4) is 0 Å². The zero-order valence-electron chi connectivity index (χ0n) is 8.38. The zero-order valence-corrected chi connectivity index (χ0v) is 9.14. The Morgan fingerprint density at radius 1 is 1.88 bits per heavy atom. The molecule has 0 bridgehead atoms. The van der Waals surface area contributed by atoms with E-state index in [2.05, 4.69) is 5.10 Å². The number of hydrazine groups is 1. The van der Waals surface area contributed by atoms with Gasteiger partial charge in [-0.2, -0.15) is 4.68 Å². The normalized spacial score (nSPS) is 12.2. The van der Waals surface area contributed by atoms with Crippen molar-refractivity contribution in [1.29, 1.82) is 0 Å². The van der Waals surface area contributed by atoms with Crippen LogP contribution < -0.4 is 11.3 Å². The molecule has 8 nitrogen and oxygen atoms in total. The molecule has 16 heavy (non-hydrogen) atoms. The fourth-order valence-corrected chi connectivity index (χ4v) is 1.44. The third-order valence-corrected chi connectivity index (χ3v) is 2.26. The lowest BCUT2D eigenvalue weighted by Crippen LogP contribution is -2.37. The van der Waals surface area contributed by atoms with Gasteiger partial charge in [0.15, 0.2) is 11.1 Å². The minimum atomic E-state index is -0.716. The van der Waals surface area contributed by atoms with Crippen molar-refractivity contribution in [2.45, 2.75) is 19.4 Å². The van der Waals surface area contributed by atoms with Crippen molar-refractivity contribution in [3.05, 3.63) is 21.3 Å². The molecule has 0 radical (unpaired) electrons. The summed E-state index contributed by atoms with van der Waals surface area (Å²) in [6.45, 7) is 1.72. The van der Waals surface area contributed by atoms with Crippen molar-refractivity contribution in [2.75, 3.05) is 0 Å². The third-order valence-electron chi connectivity index (χ3n) is 1.99. The van der Waals surface area contributed by atoms with E-state index in [0.29, 0.717) is 6.42 Å². The van der Waals surface area contributed by atoms with E-state index in [4.69, 9.17) is 17.4 Å². The van der Waals surface area contributed by atoms with Gasteiger partial charge in [-0.1, -0.05) is 18.5 Å². The van der Waals surface area contributed by atoms with Crippen molar-refractivity contribution in [3.8, 4) is 0 Å². The summed E-state index contributed by atoms with van der Waals surface area (Å²) in [4.78, 5) is 21.1. The van der Waals surface area contributed by atoms with Gasteiger partial charge in [-0.25, -0.2) is 5.84 Å². The summed E-state index contributed by atoms with van der Waals surface area (Å²) >= 11 is 5.60. The molecule has 0 aliphatic rings. The fourth-order valence-electron chi connectivity index (χ4n) is 1.23. The molecule has 0 saturated heterocycles. The van der Waals surface area contributed by atoms with Gasteiger partial charge in [0.25, 0.3) is 5.91 Å². The molecular weight excluding hydrogens is 238 g/mol. The highest BCUT2D eigenvalue weighted by Crippen LogP contribution is 2.24. The number of halogens is 1. The molecule has 1 aromatic heterocycles. The molecule has 88 valence electrons. The molecule has 1 heterocycles. The predicted molar refractivity (Wildman–Crippen MR) is 55.5 cm³/mol. The summed E-state index contributed by atoms with van der Waals surface area (Å²) in [5.41, 5.74) is 1.96. The first-order valence-corrected chi connectivity index (χ1v) is 4.78. The van der Waals surface area contributed by atoms with E-state index >= 15 is 0 Å². The van der Waals surface area contributed by atoms with Gasteiger partial charge >= 0.3 is 5.82 Å². The third kappa shape index (κ3) is 2.28. The number of nitrogens with two attached hydrogens (primary N) is 1. The summed E-state index contributed by atoms with van der Waals surface area (Å²) < 4.78 is 1.13. The van der Waals surface area contributed by atoms with Crippen LogP contribution >= 0.6 is 11.6 Å². The van der Waals surface area contributed by atoms with E-state index in [1.807, 2.05) is 5.43 Å². The van der Waals surface area contributed by atoms with E-state index in [-0.39, 0.29) is 5.02 Å². The molecule has 0 spiro atoms. The van der Waals surface area contributed by atoms with E-state index in [9.17, 15) is 14.9 Å². The number of nitrogens with zero attached hydrogens (tertiary/aromatic N) is 3. The number of carbonyl (C=O) groups excluding carboxylic acids is 1. The van der Waals surface area contributed by atoms with Crippen LogP contribution in [0.2, 0.25) is 5.02 Å². The zero-order chi connectivity index (χ0) is 12.3. The quantitative estimate of drug-likeness (QED) is 0.345. The molecule has 1 atom stereocenters. The molecule has 0 fully saturated rings. The number of aromatic nitrogens is 2. The molecule has 0 aliphatic heterocycles. The van der Waals surface area contributed by atoms with Gasteiger partial charge in [0, 0.05) is 0 Å². The molecule has 9 heteroatoms. The largest absolute Gasteiger partial charge is 0.408 e. The second-order valence-corrected chi connectivity index (χ2v) is 3.38. The summed E-state index contributed by atoms with van der Waals surface area (Å²) in [5, 5.41) is 14.0. The lowest BCUT2D eigenvalue weighted by Gasteiger charge is -2.09. The number of amides is 1. The highest BCUT2D eigenvalue weighted by Gasteiger charge is 2.26. The van der Waals surface area contributed by atoms with Crippen LogP contribution in [-0.2, 0) is 4.79 Å². The second kappa shape index (κ2) is 4.90. The molecule has 1 rings (SSSR count). The number of hydrogen-bond acceptors (Lipinski definition) is 5. The lowest BCUT2D eigenvalue weighted by molar-refractivity contribution is -0.389. The van der Waals surface area contributed by atoms with Crippen molar-refractivity contribution < 1.29 is 9.72 Å².